The molecule has 0 saturated carbocycles. The number of rotatable bonds is 8. The number of hydrogen-bond donors (Lipinski definition) is 1. The molecule has 0 radical (unpaired) electrons. The number of carbonyl (C=O) groups is 1. The Morgan fingerprint density at radius 1 is 0.946 bits per heavy atom. The van der Waals surface area contributed by atoms with Crippen LogP contribution in [0.4, 0.5) is 11.4 Å². The van der Waals surface area contributed by atoms with Crippen LogP contribution in [0.15, 0.2) is 66.7 Å². The molecule has 1 amide bonds. The van der Waals surface area contributed by atoms with E-state index in [-0.39, 0.29) is 18.4 Å². The van der Waals surface area contributed by atoms with E-state index < -0.39 is 0 Å². The maximum absolute atomic E-state index is 13.6. The van der Waals surface area contributed by atoms with Gasteiger partial charge in [-0.3, -0.25) is 14.4 Å². The van der Waals surface area contributed by atoms with Crippen LogP contribution in [-0.4, -0.2) is 33.6 Å². The van der Waals surface area contributed by atoms with Crippen LogP contribution in [0.5, 0.6) is 0 Å². The Bertz CT molecular complexity index is 1260. The summed E-state index contributed by atoms with van der Waals surface area (Å²) in [7, 11) is 0.575. The van der Waals surface area contributed by atoms with Gasteiger partial charge in [-0.1, -0.05) is 71.2 Å². The van der Waals surface area contributed by atoms with E-state index in [4.69, 9.17) is 46.6 Å². The number of benzene rings is 3. The van der Waals surface area contributed by atoms with E-state index >= 15 is 0 Å². The number of carbonyl (C=O) groups excluding carboxylic acids is 1. The molecule has 3 aromatic rings. The number of anilines is 2. The molecule has 0 aromatic heterocycles. The molecule has 2 saturated heterocycles. The van der Waals surface area contributed by atoms with Crippen LogP contribution < -0.4 is 5.32 Å². The molecule has 192 valence electrons. The first-order chi connectivity index (χ1) is 17.9. The number of piperidine rings is 1. The molecule has 2 bridgehead atoms. The van der Waals surface area contributed by atoms with Crippen molar-refractivity contribution in [1.29, 1.82) is 0 Å². The van der Waals surface area contributed by atoms with Crippen LogP contribution in [0, 0.1) is 0 Å². The molecule has 3 atom stereocenters. The summed E-state index contributed by atoms with van der Waals surface area (Å²) in [6.07, 6.45) is 4.49. The van der Waals surface area contributed by atoms with Crippen molar-refractivity contribution in [3.05, 3.63) is 92.9 Å². The van der Waals surface area contributed by atoms with Gasteiger partial charge in [0.25, 0.3) is 0 Å². The molecule has 5 rings (SSSR count). The maximum Gasteiger partial charge on any atom is 0.235 e. The van der Waals surface area contributed by atoms with Gasteiger partial charge >= 0.3 is 0 Å². The summed E-state index contributed by atoms with van der Waals surface area (Å²) in [5, 5.41) is 5.15. The first-order valence-electron chi connectivity index (χ1n) is 12.4. The molecule has 2 aliphatic rings. The largest absolute Gasteiger partial charge is 0.353 e. The summed E-state index contributed by atoms with van der Waals surface area (Å²) in [6, 6.07) is 22.3. The lowest BCUT2D eigenvalue weighted by molar-refractivity contribution is -0.128. The molecular weight excluding hydrogens is 564 g/mol. The Morgan fingerprint density at radius 2 is 1.59 bits per heavy atom. The van der Waals surface area contributed by atoms with Crippen molar-refractivity contribution in [2.45, 2.75) is 56.8 Å². The van der Waals surface area contributed by atoms with Crippen LogP contribution in [-0.2, 0) is 29.6 Å². The van der Waals surface area contributed by atoms with Crippen LogP contribution in [0.3, 0.4) is 0 Å². The highest BCUT2D eigenvalue weighted by molar-refractivity contribution is 7.95. The highest BCUT2D eigenvalue weighted by Crippen LogP contribution is 2.40. The molecule has 0 unspecified atom stereocenters. The van der Waals surface area contributed by atoms with E-state index in [1.165, 1.54) is 5.56 Å². The van der Waals surface area contributed by atoms with Crippen LogP contribution in [0.25, 0.3) is 0 Å². The minimum atomic E-state index is 0.0479. The van der Waals surface area contributed by atoms with E-state index in [1.807, 2.05) is 41.1 Å². The molecule has 4 nitrogen and oxygen atoms in total. The van der Waals surface area contributed by atoms with Crippen molar-refractivity contribution in [3.63, 3.8) is 0 Å². The molecule has 9 heteroatoms. The molecule has 0 spiro atoms. The second kappa shape index (κ2) is 12.0. The second-order valence-corrected chi connectivity index (χ2v) is 12.0. The van der Waals surface area contributed by atoms with Gasteiger partial charge in [0.05, 0.1) is 29.7 Å². The third-order valence-electron chi connectivity index (χ3n) is 7.41. The van der Waals surface area contributed by atoms with E-state index in [0.717, 1.165) is 48.5 Å². The topological polar surface area (TPSA) is 35.6 Å². The number of hydrogen-bond acceptors (Lipinski definition) is 4. The van der Waals surface area contributed by atoms with E-state index in [9.17, 15) is 4.79 Å². The second-order valence-electron chi connectivity index (χ2n) is 9.68. The van der Waals surface area contributed by atoms with Crippen LogP contribution in [0.1, 0.15) is 36.8 Å². The minimum Gasteiger partial charge on any atom is -0.353 e. The Kier molecular flexibility index (Phi) is 8.70. The number of halogens is 3. The molecule has 0 aliphatic carbocycles. The van der Waals surface area contributed by atoms with Crippen molar-refractivity contribution < 1.29 is 4.79 Å². The Balaban J connectivity index is 1.27. The summed E-state index contributed by atoms with van der Waals surface area (Å²) in [5.74, 6) is 0.0479. The van der Waals surface area contributed by atoms with Gasteiger partial charge in [0.1, 0.15) is 0 Å². The normalized spacial score (nSPS) is 21.2. The van der Waals surface area contributed by atoms with Gasteiger partial charge in [0.15, 0.2) is 0 Å². The summed E-state index contributed by atoms with van der Waals surface area (Å²) < 4.78 is 1.89. The average Bonchev–Trinajstić information content (AvgIpc) is 3.10. The predicted molar refractivity (Wildman–Crippen MR) is 158 cm³/mol. The van der Waals surface area contributed by atoms with E-state index in [1.54, 1.807) is 18.2 Å². The fraction of sp³-hybridized carbons (Fsp3) is 0.321. The smallest absolute Gasteiger partial charge is 0.235 e. The third-order valence-corrected chi connectivity index (χ3v) is 9.54. The Labute approximate surface area is 239 Å². The SMILES string of the molecule is O=C(Cc1ccccc1Nc1c(Cl)cccc1Cl)N(P=S)[C@H]1C[C@H]2CC[C@@H](C1)N2Cc1ccc(Cl)cc1. The summed E-state index contributed by atoms with van der Waals surface area (Å²) in [4.78, 5) is 16.2. The van der Waals surface area contributed by atoms with Crippen molar-refractivity contribution in [3.8, 4) is 0 Å². The highest BCUT2D eigenvalue weighted by atomic mass is 35.5. The zero-order valence-corrected chi connectivity index (χ0v) is 24.1. The Hall–Kier alpha value is -1.72. The molecule has 2 heterocycles. The average molecular weight is 591 g/mol. The lowest BCUT2D eigenvalue weighted by Gasteiger charge is -2.41. The fourth-order valence-electron chi connectivity index (χ4n) is 5.61. The first kappa shape index (κ1) is 26.9. The summed E-state index contributed by atoms with van der Waals surface area (Å²) in [6.45, 7) is 0.919. The number of nitrogens with one attached hydrogen (secondary N) is 1. The maximum atomic E-state index is 13.6. The fourth-order valence-corrected chi connectivity index (χ4v) is 7.39. The van der Waals surface area contributed by atoms with Crippen molar-refractivity contribution in [2.24, 2.45) is 0 Å². The van der Waals surface area contributed by atoms with Crippen molar-refractivity contribution in [1.82, 2.24) is 9.57 Å². The lowest BCUT2D eigenvalue weighted by Crippen LogP contribution is -2.49. The molecular formula is C28H27Cl3N3OPS. The van der Waals surface area contributed by atoms with Gasteiger partial charge in [-0.05, 0) is 78.9 Å². The van der Waals surface area contributed by atoms with Gasteiger partial charge < -0.3 is 5.32 Å². The molecule has 1 N–H and O–H groups in total. The van der Waals surface area contributed by atoms with Crippen LogP contribution in [0.2, 0.25) is 15.1 Å². The van der Waals surface area contributed by atoms with E-state index in [2.05, 4.69) is 22.3 Å². The zero-order chi connectivity index (χ0) is 25.9. The first-order valence-corrected chi connectivity index (χ1v) is 15.4. The zero-order valence-electron chi connectivity index (χ0n) is 20.1. The lowest BCUT2D eigenvalue weighted by atomic mass is 9.96. The number of para-hydroxylation sites is 2. The van der Waals surface area contributed by atoms with Crippen LogP contribution >= 0.6 is 42.3 Å². The molecule has 2 aliphatic heterocycles. The number of fused-ring (bicyclic) bond motifs is 2. The summed E-state index contributed by atoms with van der Waals surface area (Å²) >= 11 is 24.3. The number of nitrogens with zero attached hydrogens (tertiary/aromatic N) is 2. The molecule has 2 fully saturated rings. The van der Waals surface area contributed by atoms with Crippen molar-refractivity contribution in [2.75, 3.05) is 5.32 Å². The van der Waals surface area contributed by atoms with Gasteiger partial charge in [0, 0.05) is 35.4 Å². The standard InChI is InChI=1S/C28H27Cl3N3OPS/c29-20-10-8-18(9-11-20)17-33-21-12-13-22(33)16-23(15-21)34(36-37)27(35)14-19-4-1-2-7-26(19)32-28-24(30)5-3-6-25(28)31/h1-11,21-23,32H,12-17H2/t21-,22+,23+. The third kappa shape index (κ3) is 6.14. The monoisotopic (exact) mass is 589 g/mol. The predicted octanol–water partition coefficient (Wildman–Crippen LogP) is 8.28. The van der Waals surface area contributed by atoms with Gasteiger partial charge in [-0.25, -0.2) is 0 Å². The molecule has 3 aromatic carbocycles. The number of amides is 1. The van der Waals surface area contributed by atoms with E-state index in [0.29, 0.717) is 35.3 Å². The molecule has 37 heavy (non-hydrogen) atoms. The van der Waals surface area contributed by atoms with Gasteiger partial charge in [-0.15, -0.1) is 0 Å². The van der Waals surface area contributed by atoms with Gasteiger partial charge in [0.2, 0.25) is 5.91 Å². The van der Waals surface area contributed by atoms with Gasteiger partial charge in [-0.2, -0.15) is 0 Å². The quantitative estimate of drug-likeness (QED) is 0.268. The van der Waals surface area contributed by atoms with Crippen molar-refractivity contribution >= 4 is 71.4 Å². The highest BCUT2D eigenvalue weighted by Gasteiger charge is 2.43. The minimum absolute atomic E-state index is 0.0479. The Morgan fingerprint density at radius 3 is 2.24 bits per heavy atom. The summed E-state index contributed by atoms with van der Waals surface area (Å²) in [5.41, 5.74) is 3.60.